The molecule has 0 aromatic heterocycles. The SMILES string of the molecule is CCCNC(=O)COc1ccc(OC(F)(F)F)c(Br)c1. The highest BCUT2D eigenvalue weighted by Gasteiger charge is 2.31. The number of halogens is 4. The van der Waals surface area contributed by atoms with E-state index in [2.05, 4.69) is 26.0 Å². The summed E-state index contributed by atoms with van der Waals surface area (Å²) >= 11 is 2.94. The van der Waals surface area contributed by atoms with Crippen LogP contribution in [0.1, 0.15) is 13.3 Å². The zero-order valence-corrected chi connectivity index (χ0v) is 12.2. The Balaban J connectivity index is 2.57. The number of alkyl halides is 3. The highest BCUT2D eigenvalue weighted by atomic mass is 79.9. The Labute approximate surface area is 122 Å². The molecule has 0 atom stereocenters. The predicted octanol–water partition coefficient (Wildman–Crippen LogP) is 3.25. The minimum Gasteiger partial charge on any atom is -0.484 e. The van der Waals surface area contributed by atoms with Crippen molar-refractivity contribution in [1.29, 1.82) is 0 Å². The van der Waals surface area contributed by atoms with E-state index in [4.69, 9.17) is 4.74 Å². The number of hydrogen-bond donors (Lipinski definition) is 1. The zero-order valence-electron chi connectivity index (χ0n) is 10.6. The van der Waals surface area contributed by atoms with Crippen molar-refractivity contribution in [2.24, 2.45) is 0 Å². The van der Waals surface area contributed by atoms with Gasteiger partial charge in [-0.1, -0.05) is 6.92 Å². The van der Waals surface area contributed by atoms with Crippen molar-refractivity contribution >= 4 is 21.8 Å². The van der Waals surface area contributed by atoms with Gasteiger partial charge in [0.25, 0.3) is 5.91 Å². The maximum atomic E-state index is 12.1. The standard InChI is InChI=1S/C12H13BrF3NO3/c1-2-5-17-11(18)7-19-8-3-4-10(9(13)6-8)20-12(14,15)16/h3-4,6H,2,5,7H2,1H3,(H,17,18). The molecule has 1 aromatic rings. The van der Waals surface area contributed by atoms with Gasteiger partial charge >= 0.3 is 6.36 Å². The normalized spacial score (nSPS) is 11.1. The van der Waals surface area contributed by atoms with Crippen LogP contribution in [0.15, 0.2) is 22.7 Å². The predicted molar refractivity (Wildman–Crippen MR) is 69.6 cm³/mol. The molecule has 0 aliphatic heterocycles. The third-order valence-corrected chi connectivity index (χ3v) is 2.69. The van der Waals surface area contributed by atoms with Crippen molar-refractivity contribution < 1.29 is 27.4 Å². The topological polar surface area (TPSA) is 47.6 Å². The fourth-order valence-electron chi connectivity index (χ4n) is 1.24. The summed E-state index contributed by atoms with van der Waals surface area (Å²) in [6.07, 6.45) is -3.95. The first-order valence-corrected chi connectivity index (χ1v) is 6.56. The van der Waals surface area contributed by atoms with E-state index >= 15 is 0 Å². The molecule has 0 unspecified atom stereocenters. The molecular weight excluding hydrogens is 343 g/mol. The Kier molecular flexibility index (Phi) is 6.12. The van der Waals surface area contributed by atoms with Crippen LogP contribution < -0.4 is 14.8 Å². The minimum atomic E-state index is -4.76. The maximum absolute atomic E-state index is 12.1. The molecule has 20 heavy (non-hydrogen) atoms. The molecule has 0 spiro atoms. The average molecular weight is 356 g/mol. The number of amides is 1. The average Bonchev–Trinajstić information content (AvgIpc) is 2.35. The summed E-state index contributed by atoms with van der Waals surface area (Å²) in [7, 11) is 0. The van der Waals surface area contributed by atoms with Crippen molar-refractivity contribution in [3.8, 4) is 11.5 Å². The highest BCUT2D eigenvalue weighted by Crippen LogP contribution is 2.33. The smallest absolute Gasteiger partial charge is 0.484 e. The van der Waals surface area contributed by atoms with Gasteiger partial charge < -0.3 is 14.8 Å². The second-order valence-corrected chi connectivity index (χ2v) is 4.63. The number of nitrogens with one attached hydrogen (secondary N) is 1. The molecule has 0 fully saturated rings. The molecule has 8 heteroatoms. The number of carbonyl (C=O) groups excluding carboxylic acids is 1. The summed E-state index contributed by atoms with van der Waals surface area (Å²) in [5.41, 5.74) is 0. The fraction of sp³-hybridized carbons (Fsp3) is 0.417. The number of carbonyl (C=O) groups is 1. The molecule has 0 bridgehead atoms. The Morgan fingerprint density at radius 2 is 2.10 bits per heavy atom. The van der Waals surface area contributed by atoms with E-state index in [-0.39, 0.29) is 28.5 Å². The fourth-order valence-corrected chi connectivity index (χ4v) is 1.68. The Morgan fingerprint density at radius 3 is 2.65 bits per heavy atom. The summed E-state index contributed by atoms with van der Waals surface area (Å²) in [6, 6.07) is 3.70. The summed E-state index contributed by atoms with van der Waals surface area (Å²) < 4.78 is 45.2. The van der Waals surface area contributed by atoms with Gasteiger partial charge in [-0.05, 0) is 40.5 Å². The van der Waals surface area contributed by atoms with Gasteiger partial charge in [-0.2, -0.15) is 0 Å². The van der Waals surface area contributed by atoms with Gasteiger partial charge in [-0.15, -0.1) is 13.2 Å². The lowest BCUT2D eigenvalue weighted by molar-refractivity contribution is -0.274. The van der Waals surface area contributed by atoms with Gasteiger partial charge in [0.15, 0.2) is 6.61 Å². The monoisotopic (exact) mass is 355 g/mol. The molecule has 112 valence electrons. The lowest BCUT2D eigenvalue weighted by Gasteiger charge is -2.12. The molecule has 0 aliphatic carbocycles. The Morgan fingerprint density at radius 1 is 1.40 bits per heavy atom. The van der Waals surface area contributed by atoms with Crippen LogP contribution in [0.5, 0.6) is 11.5 Å². The molecule has 0 aliphatic rings. The van der Waals surface area contributed by atoms with Crippen molar-refractivity contribution in [2.75, 3.05) is 13.2 Å². The molecule has 0 heterocycles. The number of rotatable bonds is 6. The Hall–Kier alpha value is -1.44. The van der Waals surface area contributed by atoms with Gasteiger partial charge in [0.1, 0.15) is 11.5 Å². The first-order chi connectivity index (χ1) is 9.31. The van der Waals surface area contributed by atoms with E-state index in [1.165, 1.54) is 12.1 Å². The molecule has 1 rings (SSSR count). The summed E-state index contributed by atoms with van der Waals surface area (Å²) in [5, 5.41) is 2.61. The zero-order chi connectivity index (χ0) is 15.2. The van der Waals surface area contributed by atoms with Crippen molar-refractivity contribution in [2.45, 2.75) is 19.7 Å². The molecule has 1 N–H and O–H groups in total. The third kappa shape index (κ3) is 6.14. The molecule has 0 saturated carbocycles. The summed E-state index contributed by atoms with van der Waals surface area (Å²) in [6.45, 7) is 2.26. The third-order valence-electron chi connectivity index (χ3n) is 2.07. The van der Waals surface area contributed by atoms with E-state index in [1.807, 2.05) is 6.92 Å². The lowest BCUT2D eigenvalue weighted by atomic mass is 10.3. The molecule has 0 radical (unpaired) electrons. The molecule has 4 nitrogen and oxygen atoms in total. The van der Waals surface area contributed by atoms with E-state index in [1.54, 1.807) is 0 Å². The van der Waals surface area contributed by atoms with Crippen LogP contribution in [-0.4, -0.2) is 25.4 Å². The minimum absolute atomic E-state index is 0.0845. The van der Waals surface area contributed by atoms with E-state index in [9.17, 15) is 18.0 Å². The first kappa shape index (κ1) is 16.6. The quantitative estimate of drug-likeness (QED) is 0.851. The van der Waals surface area contributed by atoms with Crippen LogP contribution in [0.3, 0.4) is 0 Å². The van der Waals surface area contributed by atoms with Gasteiger partial charge in [0.05, 0.1) is 4.47 Å². The van der Waals surface area contributed by atoms with Crippen molar-refractivity contribution in [3.05, 3.63) is 22.7 Å². The van der Waals surface area contributed by atoms with Crippen molar-refractivity contribution in [3.63, 3.8) is 0 Å². The Bertz CT molecular complexity index is 466. The number of ether oxygens (including phenoxy) is 2. The van der Waals surface area contributed by atoms with Crippen LogP contribution in [-0.2, 0) is 4.79 Å². The molecule has 0 saturated heterocycles. The van der Waals surface area contributed by atoms with E-state index in [0.717, 1.165) is 12.5 Å². The van der Waals surface area contributed by atoms with Gasteiger partial charge in [-0.25, -0.2) is 0 Å². The molecule has 1 amide bonds. The first-order valence-electron chi connectivity index (χ1n) is 5.76. The maximum Gasteiger partial charge on any atom is 0.573 e. The van der Waals surface area contributed by atoms with Crippen molar-refractivity contribution in [1.82, 2.24) is 5.32 Å². The number of benzene rings is 1. The van der Waals surface area contributed by atoms with Gasteiger partial charge in [-0.3, -0.25) is 4.79 Å². The van der Waals surface area contributed by atoms with Crippen LogP contribution in [0.4, 0.5) is 13.2 Å². The molecular formula is C12H13BrF3NO3. The van der Waals surface area contributed by atoms with Crippen LogP contribution in [0, 0.1) is 0 Å². The second kappa shape index (κ2) is 7.37. The largest absolute Gasteiger partial charge is 0.573 e. The lowest BCUT2D eigenvalue weighted by Crippen LogP contribution is -2.29. The van der Waals surface area contributed by atoms with E-state index in [0.29, 0.717) is 6.54 Å². The number of hydrogen-bond acceptors (Lipinski definition) is 3. The van der Waals surface area contributed by atoms with Crippen LogP contribution in [0.2, 0.25) is 0 Å². The van der Waals surface area contributed by atoms with Crippen LogP contribution in [0.25, 0.3) is 0 Å². The van der Waals surface area contributed by atoms with E-state index < -0.39 is 6.36 Å². The highest BCUT2D eigenvalue weighted by molar-refractivity contribution is 9.10. The van der Waals surface area contributed by atoms with Crippen LogP contribution >= 0.6 is 15.9 Å². The van der Waals surface area contributed by atoms with Gasteiger partial charge in [0, 0.05) is 6.54 Å². The van der Waals surface area contributed by atoms with Gasteiger partial charge in [0.2, 0.25) is 0 Å². The molecule has 1 aromatic carbocycles. The summed E-state index contributed by atoms with van der Waals surface area (Å²) in [4.78, 5) is 11.3. The summed E-state index contributed by atoms with van der Waals surface area (Å²) in [5.74, 6) is -0.406. The second-order valence-electron chi connectivity index (χ2n) is 3.78.